The lowest BCUT2D eigenvalue weighted by atomic mass is 10.1. The lowest BCUT2D eigenvalue weighted by Crippen LogP contribution is -2.01. The molecule has 0 spiro atoms. The van der Waals surface area contributed by atoms with Crippen molar-refractivity contribution in [1.29, 1.82) is 5.26 Å². The molecular formula is C15H13ClN2O. The summed E-state index contributed by atoms with van der Waals surface area (Å²) in [6.45, 7) is 0.553. The maximum Gasteiger partial charge on any atom is 0.138 e. The molecule has 0 aliphatic heterocycles. The number of hydrogen-bond acceptors (Lipinski definition) is 3. The van der Waals surface area contributed by atoms with Crippen molar-refractivity contribution >= 4 is 11.6 Å². The SMILES string of the molecule is N#Cc1c(Cl)cccc1OCCCc1ccncc1. The van der Waals surface area contributed by atoms with E-state index in [2.05, 4.69) is 11.1 Å². The summed E-state index contributed by atoms with van der Waals surface area (Å²) in [5, 5.41) is 9.44. The molecule has 0 radical (unpaired) electrons. The van der Waals surface area contributed by atoms with Crippen molar-refractivity contribution in [2.75, 3.05) is 6.61 Å². The van der Waals surface area contributed by atoms with Crippen LogP contribution in [0.4, 0.5) is 0 Å². The maximum atomic E-state index is 9.01. The topological polar surface area (TPSA) is 45.9 Å². The Morgan fingerprint density at radius 2 is 2.00 bits per heavy atom. The van der Waals surface area contributed by atoms with Crippen LogP contribution in [0.3, 0.4) is 0 Å². The number of nitriles is 1. The Balaban J connectivity index is 1.87. The molecule has 96 valence electrons. The third-order valence-corrected chi connectivity index (χ3v) is 3.02. The normalized spacial score (nSPS) is 9.89. The molecule has 0 saturated heterocycles. The van der Waals surface area contributed by atoms with Crippen LogP contribution in [0, 0.1) is 11.3 Å². The van der Waals surface area contributed by atoms with Crippen LogP contribution in [0.5, 0.6) is 5.75 Å². The fourth-order valence-electron chi connectivity index (χ4n) is 1.74. The lowest BCUT2D eigenvalue weighted by Gasteiger charge is -2.08. The number of aromatic nitrogens is 1. The molecule has 2 rings (SSSR count). The van der Waals surface area contributed by atoms with Gasteiger partial charge in [-0.2, -0.15) is 5.26 Å². The van der Waals surface area contributed by atoms with Crippen LogP contribution in [-0.4, -0.2) is 11.6 Å². The summed E-state index contributed by atoms with van der Waals surface area (Å²) in [6.07, 6.45) is 5.36. The van der Waals surface area contributed by atoms with Gasteiger partial charge in [0, 0.05) is 12.4 Å². The molecule has 3 nitrogen and oxygen atoms in total. The molecule has 4 heteroatoms. The number of aryl methyl sites for hydroxylation is 1. The molecule has 1 heterocycles. The average Bonchev–Trinajstić information content (AvgIpc) is 2.45. The van der Waals surface area contributed by atoms with Crippen LogP contribution in [-0.2, 0) is 6.42 Å². The minimum atomic E-state index is 0.396. The van der Waals surface area contributed by atoms with Crippen molar-refractivity contribution in [3.8, 4) is 11.8 Å². The Morgan fingerprint density at radius 1 is 1.21 bits per heavy atom. The van der Waals surface area contributed by atoms with Crippen molar-refractivity contribution in [1.82, 2.24) is 4.98 Å². The number of benzene rings is 1. The van der Waals surface area contributed by atoms with Crippen LogP contribution in [0.2, 0.25) is 5.02 Å². The van der Waals surface area contributed by atoms with Crippen LogP contribution >= 0.6 is 11.6 Å². The van der Waals surface area contributed by atoms with Gasteiger partial charge in [-0.15, -0.1) is 0 Å². The number of rotatable bonds is 5. The average molecular weight is 273 g/mol. The third-order valence-electron chi connectivity index (χ3n) is 2.70. The second kappa shape index (κ2) is 6.77. The smallest absolute Gasteiger partial charge is 0.138 e. The number of nitrogens with zero attached hydrogens (tertiary/aromatic N) is 2. The predicted molar refractivity (Wildman–Crippen MR) is 74.2 cm³/mol. The van der Waals surface area contributed by atoms with Crippen molar-refractivity contribution in [3.63, 3.8) is 0 Å². The van der Waals surface area contributed by atoms with Gasteiger partial charge in [0.2, 0.25) is 0 Å². The molecule has 19 heavy (non-hydrogen) atoms. The standard InChI is InChI=1S/C15H13ClN2O/c16-14-4-1-5-15(13(14)11-17)19-10-2-3-12-6-8-18-9-7-12/h1,4-9H,2-3,10H2. The first-order valence-corrected chi connectivity index (χ1v) is 6.39. The summed E-state index contributed by atoms with van der Waals surface area (Å²) in [6, 6.07) is 11.3. The van der Waals surface area contributed by atoms with E-state index < -0.39 is 0 Å². The minimum absolute atomic E-state index is 0.396. The highest BCUT2D eigenvalue weighted by molar-refractivity contribution is 6.31. The van der Waals surface area contributed by atoms with Crippen LogP contribution in [0.25, 0.3) is 0 Å². The van der Waals surface area contributed by atoms with Gasteiger partial charge in [-0.1, -0.05) is 17.7 Å². The highest BCUT2D eigenvalue weighted by Gasteiger charge is 2.06. The van der Waals surface area contributed by atoms with Gasteiger partial charge in [-0.3, -0.25) is 4.98 Å². The minimum Gasteiger partial charge on any atom is -0.492 e. The molecule has 0 saturated carbocycles. The highest BCUT2D eigenvalue weighted by Crippen LogP contribution is 2.25. The first-order valence-electron chi connectivity index (χ1n) is 6.01. The summed E-state index contributed by atoms with van der Waals surface area (Å²) in [7, 11) is 0. The molecule has 0 N–H and O–H groups in total. The second-order valence-electron chi connectivity index (χ2n) is 4.03. The molecular weight excluding hydrogens is 260 g/mol. The van der Waals surface area contributed by atoms with Crippen molar-refractivity contribution in [2.45, 2.75) is 12.8 Å². The van der Waals surface area contributed by atoms with Crippen molar-refractivity contribution in [2.24, 2.45) is 0 Å². The first-order chi connectivity index (χ1) is 9.31. The van der Waals surface area contributed by atoms with Gasteiger partial charge in [-0.25, -0.2) is 0 Å². The van der Waals surface area contributed by atoms with E-state index in [1.54, 1.807) is 30.6 Å². The van der Waals surface area contributed by atoms with Crippen molar-refractivity contribution < 1.29 is 4.74 Å². The van der Waals surface area contributed by atoms with Gasteiger partial charge in [0.05, 0.1) is 11.6 Å². The van der Waals surface area contributed by atoms with Crippen molar-refractivity contribution in [3.05, 3.63) is 58.9 Å². The quantitative estimate of drug-likeness (QED) is 0.781. The van der Waals surface area contributed by atoms with E-state index in [1.807, 2.05) is 12.1 Å². The number of pyridine rings is 1. The second-order valence-corrected chi connectivity index (χ2v) is 4.44. The molecule has 2 aromatic rings. The van der Waals surface area contributed by atoms with E-state index in [4.69, 9.17) is 21.6 Å². The molecule has 0 amide bonds. The number of hydrogen-bond donors (Lipinski definition) is 0. The van der Waals surface area contributed by atoms with Gasteiger partial charge in [0.25, 0.3) is 0 Å². The van der Waals surface area contributed by atoms with E-state index in [9.17, 15) is 0 Å². The summed E-state index contributed by atoms with van der Waals surface area (Å²) in [4.78, 5) is 3.97. The van der Waals surface area contributed by atoms with Gasteiger partial charge < -0.3 is 4.74 Å². The Hall–Kier alpha value is -2.05. The Labute approximate surface area is 117 Å². The largest absolute Gasteiger partial charge is 0.492 e. The Kier molecular flexibility index (Phi) is 4.77. The van der Waals surface area contributed by atoms with Gasteiger partial charge in [0.1, 0.15) is 17.4 Å². The predicted octanol–water partition coefficient (Wildman–Crippen LogP) is 3.62. The monoisotopic (exact) mass is 272 g/mol. The van der Waals surface area contributed by atoms with E-state index in [0.717, 1.165) is 12.8 Å². The van der Waals surface area contributed by atoms with Crippen LogP contribution < -0.4 is 4.74 Å². The zero-order valence-electron chi connectivity index (χ0n) is 10.3. The number of ether oxygens (including phenoxy) is 1. The van der Waals surface area contributed by atoms with E-state index in [1.165, 1.54) is 5.56 Å². The molecule has 0 aliphatic carbocycles. The molecule has 0 unspecified atom stereocenters. The van der Waals surface area contributed by atoms with E-state index in [-0.39, 0.29) is 0 Å². The van der Waals surface area contributed by atoms with E-state index >= 15 is 0 Å². The highest BCUT2D eigenvalue weighted by atomic mass is 35.5. The third kappa shape index (κ3) is 3.70. The zero-order valence-corrected chi connectivity index (χ0v) is 11.1. The molecule has 0 fully saturated rings. The van der Waals surface area contributed by atoms with Gasteiger partial charge in [0.15, 0.2) is 0 Å². The molecule has 1 aromatic heterocycles. The first kappa shape index (κ1) is 13.4. The Bertz CT molecular complexity index is 578. The fraction of sp³-hybridized carbons (Fsp3) is 0.200. The molecule has 0 aliphatic rings. The summed E-state index contributed by atoms with van der Waals surface area (Å²) in [5.41, 5.74) is 1.62. The fourth-order valence-corrected chi connectivity index (χ4v) is 1.95. The van der Waals surface area contributed by atoms with E-state index in [0.29, 0.717) is 22.9 Å². The summed E-state index contributed by atoms with van der Waals surface area (Å²) < 4.78 is 5.61. The van der Waals surface area contributed by atoms with Crippen LogP contribution in [0.1, 0.15) is 17.5 Å². The zero-order chi connectivity index (χ0) is 13.5. The maximum absolute atomic E-state index is 9.01. The molecule has 0 atom stereocenters. The molecule has 0 bridgehead atoms. The summed E-state index contributed by atoms with van der Waals surface area (Å²) >= 11 is 5.93. The van der Waals surface area contributed by atoms with Crippen LogP contribution in [0.15, 0.2) is 42.7 Å². The summed E-state index contributed by atoms with van der Waals surface area (Å²) in [5.74, 6) is 0.546. The Morgan fingerprint density at radius 3 is 2.74 bits per heavy atom. The lowest BCUT2D eigenvalue weighted by molar-refractivity contribution is 0.310. The van der Waals surface area contributed by atoms with Gasteiger partial charge >= 0.3 is 0 Å². The van der Waals surface area contributed by atoms with Gasteiger partial charge in [-0.05, 0) is 42.7 Å². The molecule has 1 aromatic carbocycles. The number of halogens is 1.